The average Bonchev–Trinajstić information content (AvgIpc) is 2.52. The smallest absolute Gasteiger partial charge is 0.417 e. The number of nitrogens with two attached hydrogens (primary N) is 1. The Kier molecular flexibility index (Phi) is 5.89. The van der Waals surface area contributed by atoms with Crippen LogP contribution in [-0.2, 0) is 10.9 Å². The molecule has 0 amide bonds. The monoisotopic (exact) mass is 352 g/mol. The van der Waals surface area contributed by atoms with Crippen LogP contribution in [0.3, 0.4) is 0 Å². The van der Waals surface area contributed by atoms with Crippen molar-refractivity contribution in [2.24, 2.45) is 10.7 Å². The summed E-state index contributed by atoms with van der Waals surface area (Å²) in [7, 11) is 0. The van der Waals surface area contributed by atoms with Crippen molar-refractivity contribution in [2.75, 3.05) is 39.5 Å². The SMILES string of the molecule is NC(=NCCOc1ncc(C(F)(F)F)cc1Cl)N1CCOCC1. The fourth-order valence-electron chi connectivity index (χ4n) is 1.88. The third-order valence-corrected chi connectivity index (χ3v) is 3.34. The molecule has 0 radical (unpaired) electrons. The number of alkyl halides is 3. The van der Waals surface area contributed by atoms with Gasteiger partial charge in [-0.2, -0.15) is 13.2 Å². The van der Waals surface area contributed by atoms with Crippen molar-refractivity contribution in [2.45, 2.75) is 6.18 Å². The van der Waals surface area contributed by atoms with Crippen molar-refractivity contribution in [3.63, 3.8) is 0 Å². The van der Waals surface area contributed by atoms with Gasteiger partial charge in [0.1, 0.15) is 11.6 Å². The van der Waals surface area contributed by atoms with Crippen LogP contribution in [0.15, 0.2) is 17.3 Å². The van der Waals surface area contributed by atoms with Gasteiger partial charge in [-0.3, -0.25) is 0 Å². The molecule has 1 aliphatic heterocycles. The molecular formula is C13H16ClF3N4O2. The zero-order valence-corrected chi connectivity index (χ0v) is 12.9. The summed E-state index contributed by atoms with van der Waals surface area (Å²) in [4.78, 5) is 9.59. The maximum Gasteiger partial charge on any atom is 0.417 e. The summed E-state index contributed by atoms with van der Waals surface area (Å²) in [5, 5.41) is -0.204. The normalized spacial score (nSPS) is 16.5. The van der Waals surface area contributed by atoms with E-state index in [9.17, 15) is 13.2 Å². The molecule has 0 unspecified atom stereocenters. The molecule has 0 aromatic carbocycles. The number of aromatic nitrogens is 1. The lowest BCUT2D eigenvalue weighted by molar-refractivity contribution is -0.137. The molecule has 23 heavy (non-hydrogen) atoms. The zero-order chi connectivity index (χ0) is 16.9. The molecule has 128 valence electrons. The number of ether oxygens (including phenoxy) is 2. The molecule has 2 heterocycles. The molecular weight excluding hydrogens is 337 g/mol. The number of halogens is 4. The predicted molar refractivity (Wildman–Crippen MR) is 78.6 cm³/mol. The Bertz CT molecular complexity index is 563. The van der Waals surface area contributed by atoms with Gasteiger partial charge in [0.15, 0.2) is 5.96 Å². The second-order valence-corrected chi connectivity index (χ2v) is 5.10. The first-order chi connectivity index (χ1) is 10.9. The van der Waals surface area contributed by atoms with Gasteiger partial charge in [-0.05, 0) is 6.07 Å². The van der Waals surface area contributed by atoms with Crippen molar-refractivity contribution < 1.29 is 22.6 Å². The van der Waals surface area contributed by atoms with E-state index in [2.05, 4.69) is 9.98 Å². The van der Waals surface area contributed by atoms with Gasteiger partial charge < -0.3 is 20.1 Å². The van der Waals surface area contributed by atoms with Gasteiger partial charge >= 0.3 is 6.18 Å². The van der Waals surface area contributed by atoms with Crippen molar-refractivity contribution in [3.05, 3.63) is 22.8 Å². The van der Waals surface area contributed by atoms with Crippen LogP contribution in [0.5, 0.6) is 5.88 Å². The van der Waals surface area contributed by atoms with Gasteiger partial charge in [0, 0.05) is 19.3 Å². The Morgan fingerprint density at radius 2 is 2.13 bits per heavy atom. The number of hydrogen-bond donors (Lipinski definition) is 1. The molecule has 1 aromatic rings. The van der Waals surface area contributed by atoms with Crippen LogP contribution in [0.1, 0.15) is 5.56 Å². The highest BCUT2D eigenvalue weighted by molar-refractivity contribution is 6.31. The molecule has 1 fully saturated rings. The standard InChI is InChI=1S/C13H16ClF3N4O2/c14-10-7-9(13(15,16)17)8-20-11(10)23-4-1-19-12(18)21-2-5-22-6-3-21/h7-8H,1-6H2,(H2,18,19). The van der Waals surface area contributed by atoms with Crippen molar-refractivity contribution in [1.29, 1.82) is 0 Å². The summed E-state index contributed by atoms with van der Waals surface area (Å²) in [6.07, 6.45) is -3.82. The number of nitrogens with zero attached hydrogens (tertiary/aromatic N) is 3. The molecule has 10 heteroatoms. The van der Waals surface area contributed by atoms with Gasteiger partial charge in [0.05, 0.1) is 25.3 Å². The molecule has 1 aromatic heterocycles. The van der Waals surface area contributed by atoms with E-state index in [0.717, 1.165) is 6.07 Å². The van der Waals surface area contributed by atoms with E-state index >= 15 is 0 Å². The highest BCUT2D eigenvalue weighted by Crippen LogP contribution is 2.32. The van der Waals surface area contributed by atoms with Crippen molar-refractivity contribution >= 4 is 17.6 Å². The Hall–Kier alpha value is -1.74. The first kappa shape index (κ1) is 17.6. The molecule has 1 saturated heterocycles. The van der Waals surface area contributed by atoms with E-state index in [1.165, 1.54) is 0 Å². The van der Waals surface area contributed by atoms with Crippen LogP contribution >= 0.6 is 11.6 Å². The minimum Gasteiger partial charge on any atom is -0.475 e. The van der Waals surface area contributed by atoms with Crippen LogP contribution in [0.2, 0.25) is 5.02 Å². The van der Waals surface area contributed by atoms with E-state index < -0.39 is 11.7 Å². The number of aliphatic imine (C=N–C) groups is 1. The number of morpholine rings is 1. The third kappa shape index (κ3) is 5.14. The van der Waals surface area contributed by atoms with E-state index in [1.807, 2.05) is 4.90 Å². The molecule has 0 spiro atoms. The van der Waals surface area contributed by atoms with Crippen LogP contribution < -0.4 is 10.5 Å². The van der Waals surface area contributed by atoms with Gasteiger partial charge in [-0.25, -0.2) is 9.98 Å². The minimum atomic E-state index is -4.49. The number of rotatable bonds is 4. The van der Waals surface area contributed by atoms with E-state index in [4.69, 9.17) is 26.8 Å². The molecule has 1 aliphatic rings. The van der Waals surface area contributed by atoms with Crippen LogP contribution in [0.25, 0.3) is 0 Å². The molecule has 0 aliphatic carbocycles. The maximum atomic E-state index is 12.5. The highest BCUT2D eigenvalue weighted by atomic mass is 35.5. The van der Waals surface area contributed by atoms with Crippen LogP contribution in [0, 0.1) is 0 Å². The summed E-state index contributed by atoms with van der Waals surface area (Å²) >= 11 is 5.73. The molecule has 6 nitrogen and oxygen atoms in total. The average molecular weight is 353 g/mol. The van der Waals surface area contributed by atoms with Crippen LogP contribution in [0.4, 0.5) is 13.2 Å². The Morgan fingerprint density at radius 1 is 1.43 bits per heavy atom. The lowest BCUT2D eigenvalue weighted by Crippen LogP contribution is -2.45. The van der Waals surface area contributed by atoms with Gasteiger partial charge in [-0.1, -0.05) is 11.6 Å². The van der Waals surface area contributed by atoms with Crippen molar-refractivity contribution in [3.8, 4) is 5.88 Å². The third-order valence-electron chi connectivity index (χ3n) is 3.07. The topological polar surface area (TPSA) is 73.0 Å². The largest absolute Gasteiger partial charge is 0.475 e. The number of hydrogen-bond acceptors (Lipinski definition) is 4. The van der Waals surface area contributed by atoms with E-state index in [1.54, 1.807) is 0 Å². The fourth-order valence-corrected chi connectivity index (χ4v) is 2.10. The molecule has 0 bridgehead atoms. The molecule has 2 N–H and O–H groups in total. The minimum absolute atomic E-state index is 0.0696. The fraction of sp³-hybridized carbons (Fsp3) is 0.538. The van der Waals surface area contributed by atoms with Gasteiger partial charge in [0.25, 0.3) is 0 Å². The Labute approximate surface area is 136 Å². The number of pyridine rings is 1. The van der Waals surface area contributed by atoms with Gasteiger partial charge in [-0.15, -0.1) is 0 Å². The highest BCUT2D eigenvalue weighted by Gasteiger charge is 2.31. The summed E-state index contributed by atoms with van der Waals surface area (Å²) < 4.78 is 47.9. The first-order valence-corrected chi connectivity index (χ1v) is 7.24. The second-order valence-electron chi connectivity index (χ2n) is 4.70. The predicted octanol–water partition coefficient (Wildman–Crippen LogP) is 1.78. The Balaban J connectivity index is 1.84. The van der Waals surface area contributed by atoms with Gasteiger partial charge in [0.2, 0.25) is 5.88 Å². The zero-order valence-electron chi connectivity index (χ0n) is 12.1. The quantitative estimate of drug-likeness (QED) is 0.508. The number of guanidine groups is 1. The van der Waals surface area contributed by atoms with Crippen LogP contribution in [-0.4, -0.2) is 55.3 Å². The lowest BCUT2D eigenvalue weighted by atomic mass is 10.3. The Morgan fingerprint density at radius 3 is 2.74 bits per heavy atom. The summed E-state index contributed by atoms with van der Waals surface area (Å²) in [6, 6.07) is 0.773. The molecule has 0 saturated carbocycles. The maximum absolute atomic E-state index is 12.5. The second kappa shape index (κ2) is 7.69. The first-order valence-electron chi connectivity index (χ1n) is 6.86. The summed E-state index contributed by atoms with van der Waals surface area (Å²) in [6.45, 7) is 2.87. The molecule has 0 atom stereocenters. The van der Waals surface area contributed by atoms with Crippen molar-refractivity contribution in [1.82, 2.24) is 9.88 Å². The molecule has 2 rings (SSSR count). The van der Waals surface area contributed by atoms with E-state index in [0.29, 0.717) is 38.5 Å². The summed E-state index contributed by atoms with van der Waals surface area (Å²) in [5.41, 5.74) is 4.90. The lowest BCUT2D eigenvalue weighted by Gasteiger charge is -2.27. The summed E-state index contributed by atoms with van der Waals surface area (Å²) in [5.74, 6) is 0.309. The van der Waals surface area contributed by atoms with E-state index in [-0.39, 0.29) is 24.1 Å².